The molecule has 110 valence electrons. The summed E-state index contributed by atoms with van der Waals surface area (Å²) >= 11 is 0. The highest BCUT2D eigenvalue weighted by Gasteiger charge is 2.13. The van der Waals surface area contributed by atoms with Crippen molar-refractivity contribution < 1.29 is 14.8 Å². The van der Waals surface area contributed by atoms with Gasteiger partial charge >= 0.3 is 0 Å². The minimum Gasteiger partial charge on any atom is -0.278 e. The normalized spacial score (nSPS) is 11.0. The van der Waals surface area contributed by atoms with Gasteiger partial charge in [-0.05, 0) is 23.3 Å². The van der Waals surface area contributed by atoms with Gasteiger partial charge in [-0.15, -0.1) is 5.06 Å². The second kappa shape index (κ2) is 7.71. The number of benzene rings is 2. The second-order valence-electron chi connectivity index (χ2n) is 4.48. The summed E-state index contributed by atoms with van der Waals surface area (Å²) in [6.07, 6.45) is 5.34. The zero-order valence-electron chi connectivity index (χ0n) is 11.8. The molecule has 0 saturated carbocycles. The molecule has 2 aromatic carbocycles. The molecule has 0 radical (unpaired) electrons. The lowest BCUT2D eigenvalue weighted by atomic mass is 10.2. The number of rotatable bonds is 4. The predicted molar refractivity (Wildman–Crippen MR) is 84.6 cm³/mol. The van der Waals surface area contributed by atoms with Crippen LogP contribution in [-0.4, -0.2) is 22.1 Å². The molecule has 0 aliphatic heterocycles. The molecule has 4 heteroatoms. The van der Waals surface area contributed by atoms with Crippen LogP contribution in [0.2, 0.25) is 0 Å². The van der Waals surface area contributed by atoms with Crippen molar-refractivity contribution in [1.82, 2.24) is 5.06 Å². The number of hydrogen-bond acceptors (Lipinski definition) is 3. The third kappa shape index (κ3) is 4.54. The summed E-state index contributed by atoms with van der Waals surface area (Å²) in [5.41, 5.74) is 1.60. The summed E-state index contributed by atoms with van der Waals surface area (Å²) in [4.78, 5) is 23.4. The van der Waals surface area contributed by atoms with Crippen molar-refractivity contribution in [1.29, 1.82) is 0 Å². The Hall–Kier alpha value is -2.98. The smallest absolute Gasteiger partial charge is 0.277 e. The highest BCUT2D eigenvalue weighted by Crippen LogP contribution is 2.04. The number of hydrogen-bond donors (Lipinski definition) is 1. The number of carbonyl (C=O) groups is 2. The molecule has 4 nitrogen and oxygen atoms in total. The second-order valence-corrected chi connectivity index (χ2v) is 4.48. The average molecular weight is 293 g/mol. The molecule has 0 heterocycles. The zero-order chi connectivity index (χ0) is 15.8. The third-order valence-electron chi connectivity index (χ3n) is 2.85. The summed E-state index contributed by atoms with van der Waals surface area (Å²) in [6, 6.07) is 18.3. The van der Waals surface area contributed by atoms with Crippen molar-refractivity contribution in [3.8, 4) is 0 Å². The quantitative estimate of drug-likeness (QED) is 0.535. The Bertz CT molecular complexity index is 629. The van der Waals surface area contributed by atoms with Gasteiger partial charge in [0.1, 0.15) is 0 Å². The van der Waals surface area contributed by atoms with Crippen LogP contribution in [0.4, 0.5) is 0 Å². The first-order valence-corrected chi connectivity index (χ1v) is 6.70. The van der Waals surface area contributed by atoms with Gasteiger partial charge in [-0.2, -0.15) is 0 Å². The van der Waals surface area contributed by atoms with Gasteiger partial charge < -0.3 is 0 Å². The Morgan fingerprint density at radius 3 is 1.45 bits per heavy atom. The molecule has 0 atom stereocenters. The number of imide groups is 1. The highest BCUT2D eigenvalue weighted by molar-refractivity contribution is 6.06. The van der Waals surface area contributed by atoms with E-state index in [1.807, 2.05) is 60.7 Å². The Morgan fingerprint density at radius 2 is 1.09 bits per heavy atom. The van der Waals surface area contributed by atoms with Crippen LogP contribution in [0, 0.1) is 0 Å². The van der Waals surface area contributed by atoms with E-state index < -0.39 is 11.8 Å². The Balaban J connectivity index is 1.97. The van der Waals surface area contributed by atoms with E-state index in [0.717, 1.165) is 23.3 Å². The first-order valence-electron chi connectivity index (χ1n) is 6.70. The molecule has 2 aromatic rings. The van der Waals surface area contributed by atoms with Crippen molar-refractivity contribution in [3.63, 3.8) is 0 Å². The summed E-state index contributed by atoms with van der Waals surface area (Å²) < 4.78 is 0. The molecule has 2 rings (SSSR count). The fourth-order valence-corrected chi connectivity index (χ4v) is 1.71. The van der Waals surface area contributed by atoms with E-state index in [2.05, 4.69) is 0 Å². The third-order valence-corrected chi connectivity index (χ3v) is 2.85. The van der Waals surface area contributed by atoms with Crippen LogP contribution < -0.4 is 0 Å². The molecule has 0 aromatic heterocycles. The van der Waals surface area contributed by atoms with Gasteiger partial charge in [-0.1, -0.05) is 60.7 Å². The molecule has 0 saturated heterocycles. The van der Waals surface area contributed by atoms with Gasteiger partial charge in [0.2, 0.25) is 0 Å². The van der Waals surface area contributed by atoms with Gasteiger partial charge in [-0.25, -0.2) is 0 Å². The van der Waals surface area contributed by atoms with Crippen LogP contribution in [-0.2, 0) is 9.59 Å². The Morgan fingerprint density at radius 1 is 0.727 bits per heavy atom. The van der Waals surface area contributed by atoms with E-state index in [1.165, 1.54) is 12.2 Å². The van der Waals surface area contributed by atoms with Crippen molar-refractivity contribution in [3.05, 3.63) is 83.9 Å². The molecule has 0 aliphatic carbocycles. The van der Waals surface area contributed by atoms with Gasteiger partial charge in [0.15, 0.2) is 0 Å². The SMILES string of the molecule is O=C(C=Cc1ccccc1)N(O)C(=O)C=Cc1ccccc1. The minimum absolute atomic E-state index is 0.0822. The van der Waals surface area contributed by atoms with Crippen molar-refractivity contribution >= 4 is 24.0 Å². The molecule has 0 fully saturated rings. The van der Waals surface area contributed by atoms with Crippen LogP contribution in [0.15, 0.2) is 72.8 Å². The van der Waals surface area contributed by atoms with E-state index in [0.29, 0.717) is 0 Å². The lowest BCUT2D eigenvalue weighted by Gasteiger charge is -2.07. The minimum atomic E-state index is -0.799. The van der Waals surface area contributed by atoms with E-state index >= 15 is 0 Å². The molecular formula is C18H15NO3. The largest absolute Gasteiger partial charge is 0.278 e. The predicted octanol–water partition coefficient (Wildman–Crippen LogP) is 3.16. The van der Waals surface area contributed by atoms with E-state index in [1.54, 1.807) is 0 Å². The zero-order valence-corrected chi connectivity index (χ0v) is 11.8. The number of nitrogens with zero attached hydrogens (tertiary/aromatic N) is 1. The van der Waals surface area contributed by atoms with Crippen LogP contribution in [0.1, 0.15) is 11.1 Å². The number of hydroxylamine groups is 2. The fraction of sp³-hybridized carbons (Fsp3) is 0. The van der Waals surface area contributed by atoms with E-state index in [-0.39, 0.29) is 5.06 Å². The maximum atomic E-state index is 11.7. The maximum absolute atomic E-state index is 11.7. The highest BCUT2D eigenvalue weighted by atomic mass is 16.5. The van der Waals surface area contributed by atoms with Crippen molar-refractivity contribution in [2.24, 2.45) is 0 Å². The maximum Gasteiger partial charge on any atom is 0.277 e. The molecule has 0 aliphatic rings. The fourth-order valence-electron chi connectivity index (χ4n) is 1.71. The summed E-state index contributed by atoms with van der Waals surface area (Å²) in [5.74, 6) is -1.60. The first kappa shape index (κ1) is 15.4. The Kier molecular flexibility index (Phi) is 5.40. The lowest BCUT2D eigenvalue weighted by Crippen LogP contribution is -2.30. The monoisotopic (exact) mass is 293 g/mol. The first-order chi connectivity index (χ1) is 10.7. The molecule has 0 bridgehead atoms. The van der Waals surface area contributed by atoms with Gasteiger partial charge in [0, 0.05) is 12.2 Å². The number of amides is 2. The van der Waals surface area contributed by atoms with Crippen LogP contribution in [0.3, 0.4) is 0 Å². The van der Waals surface area contributed by atoms with Crippen LogP contribution in [0.25, 0.3) is 12.2 Å². The van der Waals surface area contributed by atoms with E-state index in [4.69, 9.17) is 0 Å². The standard InChI is InChI=1S/C18H15NO3/c20-17(13-11-15-7-3-1-4-8-15)19(22)18(21)14-12-16-9-5-2-6-10-16/h1-14,22H. The van der Waals surface area contributed by atoms with Crippen molar-refractivity contribution in [2.75, 3.05) is 0 Å². The van der Waals surface area contributed by atoms with Gasteiger partial charge in [0.25, 0.3) is 11.8 Å². The molecule has 0 spiro atoms. The molecule has 0 unspecified atom stereocenters. The number of carbonyl (C=O) groups excluding carboxylic acids is 2. The average Bonchev–Trinajstić information content (AvgIpc) is 2.58. The summed E-state index contributed by atoms with van der Waals surface area (Å²) in [5, 5.41) is 9.66. The summed E-state index contributed by atoms with van der Waals surface area (Å²) in [6.45, 7) is 0. The molecule has 1 N–H and O–H groups in total. The van der Waals surface area contributed by atoms with Crippen molar-refractivity contribution in [2.45, 2.75) is 0 Å². The van der Waals surface area contributed by atoms with E-state index in [9.17, 15) is 14.8 Å². The topological polar surface area (TPSA) is 57.6 Å². The lowest BCUT2D eigenvalue weighted by molar-refractivity contribution is -0.171. The van der Waals surface area contributed by atoms with Gasteiger partial charge in [0.05, 0.1) is 0 Å². The Labute approximate surface area is 128 Å². The van der Waals surface area contributed by atoms with Gasteiger partial charge in [-0.3, -0.25) is 14.8 Å². The van der Waals surface area contributed by atoms with Crippen LogP contribution >= 0.6 is 0 Å². The molecular weight excluding hydrogens is 278 g/mol. The molecule has 2 amide bonds. The van der Waals surface area contributed by atoms with Crippen LogP contribution in [0.5, 0.6) is 0 Å². The molecule has 22 heavy (non-hydrogen) atoms. The summed E-state index contributed by atoms with van der Waals surface area (Å²) in [7, 11) is 0.